The highest BCUT2D eigenvalue weighted by Gasteiger charge is 2.20. The minimum absolute atomic E-state index is 0.176. The number of aryl methyl sites for hydroxylation is 2. The summed E-state index contributed by atoms with van der Waals surface area (Å²) in [5, 5.41) is 4.41. The highest BCUT2D eigenvalue weighted by Crippen LogP contribution is 2.10. The van der Waals surface area contributed by atoms with Crippen molar-refractivity contribution in [1.29, 1.82) is 0 Å². The summed E-state index contributed by atoms with van der Waals surface area (Å²) < 4.78 is 12.9. The monoisotopic (exact) mass is 255 g/mol. The standard InChI is InChI=1S/C13H25N3O2/c1-5-10-8-11(16(4)15-10)9-12(14)13(17-6-2)18-7-3/h8,12-13H,5-7,9,14H2,1-4H3. The number of nitrogens with zero attached hydrogens (tertiary/aromatic N) is 2. The Morgan fingerprint density at radius 3 is 2.33 bits per heavy atom. The van der Waals surface area contributed by atoms with Crippen molar-refractivity contribution in [2.75, 3.05) is 13.2 Å². The van der Waals surface area contributed by atoms with Gasteiger partial charge in [0.1, 0.15) is 0 Å². The molecule has 0 fully saturated rings. The van der Waals surface area contributed by atoms with Gasteiger partial charge in [-0.25, -0.2) is 0 Å². The Hall–Kier alpha value is -0.910. The fourth-order valence-corrected chi connectivity index (χ4v) is 1.90. The van der Waals surface area contributed by atoms with Crippen molar-refractivity contribution in [3.05, 3.63) is 17.5 Å². The van der Waals surface area contributed by atoms with Crippen LogP contribution in [0.3, 0.4) is 0 Å². The normalized spacial score (nSPS) is 13.2. The third-order valence-corrected chi connectivity index (χ3v) is 2.85. The maximum Gasteiger partial charge on any atom is 0.172 e. The van der Waals surface area contributed by atoms with Crippen molar-refractivity contribution < 1.29 is 9.47 Å². The van der Waals surface area contributed by atoms with Crippen LogP contribution in [0.25, 0.3) is 0 Å². The Labute approximate surface area is 109 Å². The molecule has 1 aromatic rings. The number of rotatable bonds is 8. The molecule has 0 spiro atoms. The number of ether oxygens (including phenoxy) is 2. The molecule has 18 heavy (non-hydrogen) atoms. The minimum atomic E-state index is -0.347. The van der Waals surface area contributed by atoms with E-state index >= 15 is 0 Å². The Balaban J connectivity index is 2.65. The first kappa shape index (κ1) is 15.1. The van der Waals surface area contributed by atoms with Crippen LogP contribution in [0, 0.1) is 0 Å². The van der Waals surface area contributed by atoms with Crippen molar-refractivity contribution in [2.24, 2.45) is 12.8 Å². The van der Waals surface area contributed by atoms with Gasteiger partial charge in [0.15, 0.2) is 6.29 Å². The molecule has 104 valence electrons. The van der Waals surface area contributed by atoms with Crippen molar-refractivity contribution in [3.63, 3.8) is 0 Å². The largest absolute Gasteiger partial charge is 0.351 e. The second kappa shape index (κ2) is 7.51. The van der Waals surface area contributed by atoms with E-state index in [4.69, 9.17) is 15.2 Å². The molecule has 0 saturated carbocycles. The van der Waals surface area contributed by atoms with E-state index in [1.165, 1.54) is 0 Å². The smallest absolute Gasteiger partial charge is 0.172 e. The summed E-state index contributed by atoms with van der Waals surface area (Å²) >= 11 is 0. The molecule has 1 heterocycles. The van der Waals surface area contributed by atoms with E-state index in [1.807, 2.05) is 25.6 Å². The van der Waals surface area contributed by atoms with Crippen molar-refractivity contribution in [1.82, 2.24) is 9.78 Å². The van der Waals surface area contributed by atoms with Gasteiger partial charge in [-0.05, 0) is 26.3 Å². The van der Waals surface area contributed by atoms with Crippen molar-refractivity contribution in [2.45, 2.75) is 45.9 Å². The maximum atomic E-state index is 6.15. The number of hydrogen-bond donors (Lipinski definition) is 1. The lowest BCUT2D eigenvalue weighted by molar-refractivity contribution is -0.148. The average Bonchev–Trinajstić information content (AvgIpc) is 2.70. The Bertz CT molecular complexity index is 346. The third kappa shape index (κ3) is 4.08. The average molecular weight is 255 g/mol. The Morgan fingerprint density at radius 1 is 1.28 bits per heavy atom. The van der Waals surface area contributed by atoms with Gasteiger partial charge in [0, 0.05) is 32.4 Å². The summed E-state index contributed by atoms with van der Waals surface area (Å²) in [6.45, 7) is 7.18. The van der Waals surface area contributed by atoms with Crippen LogP contribution in [0.4, 0.5) is 0 Å². The number of nitrogens with two attached hydrogens (primary N) is 1. The van der Waals surface area contributed by atoms with E-state index in [9.17, 15) is 0 Å². The molecule has 1 rings (SSSR count). The second-order valence-electron chi connectivity index (χ2n) is 4.25. The Morgan fingerprint density at radius 2 is 1.89 bits per heavy atom. The van der Waals surface area contributed by atoms with Crippen LogP contribution in [0.1, 0.15) is 32.2 Å². The van der Waals surface area contributed by atoms with Gasteiger partial charge in [0.05, 0.1) is 11.7 Å². The molecule has 0 amide bonds. The molecule has 0 aliphatic carbocycles. The SMILES string of the molecule is CCOC(OCC)C(N)Cc1cc(CC)nn1C. The lowest BCUT2D eigenvalue weighted by Gasteiger charge is -2.23. The van der Waals surface area contributed by atoms with Gasteiger partial charge in [0.2, 0.25) is 0 Å². The molecular formula is C13H25N3O2. The molecule has 0 aliphatic rings. The lowest BCUT2D eigenvalue weighted by atomic mass is 10.1. The quantitative estimate of drug-likeness (QED) is 0.710. The molecule has 1 atom stereocenters. The summed E-state index contributed by atoms with van der Waals surface area (Å²) in [4.78, 5) is 0. The van der Waals surface area contributed by atoms with Crippen LogP contribution in [0.2, 0.25) is 0 Å². The van der Waals surface area contributed by atoms with Crippen LogP contribution in [-0.2, 0) is 29.4 Å². The molecule has 1 unspecified atom stereocenters. The molecule has 0 aromatic carbocycles. The highest BCUT2D eigenvalue weighted by molar-refractivity contribution is 5.11. The summed E-state index contributed by atoms with van der Waals surface area (Å²) in [5.74, 6) is 0. The van der Waals surface area contributed by atoms with Gasteiger partial charge in [-0.3, -0.25) is 4.68 Å². The highest BCUT2D eigenvalue weighted by atomic mass is 16.7. The topological polar surface area (TPSA) is 62.3 Å². The van der Waals surface area contributed by atoms with Gasteiger partial charge in [-0.15, -0.1) is 0 Å². The summed E-state index contributed by atoms with van der Waals surface area (Å²) in [5.41, 5.74) is 8.35. The molecule has 1 aromatic heterocycles. The van der Waals surface area contributed by atoms with E-state index in [1.54, 1.807) is 0 Å². The predicted molar refractivity (Wildman–Crippen MR) is 71.3 cm³/mol. The fourth-order valence-electron chi connectivity index (χ4n) is 1.90. The molecule has 0 saturated heterocycles. The summed E-state index contributed by atoms with van der Waals surface area (Å²) in [6.07, 6.45) is 1.29. The van der Waals surface area contributed by atoms with Crippen molar-refractivity contribution >= 4 is 0 Å². The first-order chi connectivity index (χ1) is 8.62. The van der Waals surface area contributed by atoms with E-state index < -0.39 is 0 Å². The predicted octanol–water partition coefficient (Wildman–Crippen LogP) is 1.25. The van der Waals surface area contributed by atoms with Gasteiger partial charge in [-0.2, -0.15) is 5.10 Å². The number of aromatic nitrogens is 2. The lowest BCUT2D eigenvalue weighted by Crippen LogP contribution is -2.41. The molecule has 5 nitrogen and oxygen atoms in total. The molecule has 5 heteroatoms. The van der Waals surface area contributed by atoms with Gasteiger partial charge in [-0.1, -0.05) is 6.92 Å². The van der Waals surface area contributed by atoms with Crippen LogP contribution in [0.5, 0.6) is 0 Å². The Kier molecular flexibility index (Phi) is 6.32. The molecule has 0 bridgehead atoms. The first-order valence-corrected chi connectivity index (χ1v) is 6.62. The fraction of sp³-hybridized carbons (Fsp3) is 0.769. The summed E-state index contributed by atoms with van der Waals surface area (Å²) in [6, 6.07) is 1.92. The zero-order chi connectivity index (χ0) is 13.5. The van der Waals surface area contributed by atoms with Crippen molar-refractivity contribution in [3.8, 4) is 0 Å². The van der Waals surface area contributed by atoms with Crippen LogP contribution >= 0.6 is 0 Å². The van der Waals surface area contributed by atoms with Crippen LogP contribution in [-0.4, -0.2) is 35.3 Å². The van der Waals surface area contributed by atoms with Gasteiger partial charge in [0.25, 0.3) is 0 Å². The minimum Gasteiger partial charge on any atom is -0.351 e. The third-order valence-electron chi connectivity index (χ3n) is 2.85. The summed E-state index contributed by atoms with van der Waals surface area (Å²) in [7, 11) is 1.94. The first-order valence-electron chi connectivity index (χ1n) is 6.62. The molecular weight excluding hydrogens is 230 g/mol. The maximum absolute atomic E-state index is 6.15. The number of hydrogen-bond acceptors (Lipinski definition) is 4. The van der Waals surface area contributed by atoms with E-state index in [2.05, 4.69) is 18.1 Å². The van der Waals surface area contributed by atoms with E-state index in [-0.39, 0.29) is 12.3 Å². The van der Waals surface area contributed by atoms with Crippen LogP contribution in [0.15, 0.2) is 6.07 Å². The van der Waals surface area contributed by atoms with Crippen LogP contribution < -0.4 is 5.73 Å². The zero-order valence-corrected chi connectivity index (χ0v) is 11.8. The van der Waals surface area contributed by atoms with Gasteiger partial charge >= 0.3 is 0 Å². The second-order valence-corrected chi connectivity index (χ2v) is 4.25. The zero-order valence-electron chi connectivity index (χ0n) is 11.8. The van der Waals surface area contributed by atoms with E-state index in [0.717, 1.165) is 17.8 Å². The molecule has 2 N–H and O–H groups in total. The molecule has 0 radical (unpaired) electrons. The van der Waals surface area contributed by atoms with E-state index in [0.29, 0.717) is 19.6 Å². The molecule has 0 aliphatic heterocycles. The van der Waals surface area contributed by atoms with Gasteiger partial charge < -0.3 is 15.2 Å².